The Labute approximate surface area is 147 Å². The molecule has 2 aromatic carbocycles. The summed E-state index contributed by atoms with van der Waals surface area (Å²) in [6.07, 6.45) is 1.87. The molecule has 0 amide bonds. The lowest BCUT2D eigenvalue weighted by molar-refractivity contribution is 0.122. The Balaban J connectivity index is 1.76. The van der Waals surface area contributed by atoms with E-state index in [1.807, 2.05) is 18.3 Å². The van der Waals surface area contributed by atoms with Crippen molar-refractivity contribution in [3.8, 4) is 5.75 Å². The predicted molar refractivity (Wildman–Crippen MR) is 99.5 cm³/mol. The summed E-state index contributed by atoms with van der Waals surface area (Å²) in [6.45, 7) is 5.57. The van der Waals surface area contributed by atoms with Gasteiger partial charge >= 0.3 is 0 Å². The summed E-state index contributed by atoms with van der Waals surface area (Å²) >= 11 is 6.13. The first-order chi connectivity index (χ1) is 11.7. The van der Waals surface area contributed by atoms with E-state index in [1.54, 1.807) is 13.2 Å². The van der Waals surface area contributed by atoms with Crippen LogP contribution in [0, 0.1) is 6.92 Å². The number of hydrogen-bond acceptors (Lipinski definition) is 4. The van der Waals surface area contributed by atoms with Crippen LogP contribution in [0.5, 0.6) is 5.75 Å². The van der Waals surface area contributed by atoms with Crippen molar-refractivity contribution in [3.63, 3.8) is 0 Å². The van der Waals surface area contributed by atoms with Crippen LogP contribution in [0.2, 0.25) is 5.02 Å². The third-order valence-corrected chi connectivity index (χ3v) is 4.41. The molecule has 1 saturated heterocycles. The van der Waals surface area contributed by atoms with Crippen LogP contribution in [0.15, 0.2) is 41.4 Å². The first-order valence-corrected chi connectivity index (χ1v) is 8.36. The number of ether oxygens (including phenoxy) is 2. The average molecular weight is 345 g/mol. The van der Waals surface area contributed by atoms with Gasteiger partial charge in [0.2, 0.25) is 0 Å². The second-order valence-corrected chi connectivity index (χ2v) is 6.12. The van der Waals surface area contributed by atoms with Crippen molar-refractivity contribution >= 4 is 29.2 Å². The number of morpholine rings is 1. The fourth-order valence-corrected chi connectivity index (χ4v) is 2.95. The molecule has 3 rings (SSSR count). The molecule has 1 aliphatic rings. The van der Waals surface area contributed by atoms with Gasteiger partial charge in [0.25, 0.3) is 0 Å². The first kappa shape index (κ1) is 16.8. The van der Waals surface area contributed by atoms with Crippen LogP contribution in [-0.4, -0.2) is 39.6 Å². The van der Waals surface area contributed by atoms with Crippen molar-refractivity contribution < 1.29 is 9.47 Å². The molecule has 4 nitrogen and oxygen atoms in total. The maximum atomic E-state index is 6.13. The number of anilines is 1. The van der Waals surface area contributed by atoms with Crippen molar-refractivity contribution in [2.75, 3.05) is 38.3 Å². The number of aliphatic imine (C=N–C) groups is 1. The molecule has 126 valence electrons. The maximum Gasteiger partial charge on any atom is 0.137 e. The molecule has 24 heavy (non-hydrogen) atoms. The summed E-state index contributed by atoms with van der Waals surface area (Å²) in [4.78, 5) is 6.87. The number of halogens is 1. The highest BCUT2D eigenvalue weighted by Gasteiger charge is 2.11. The Bertz CT molecular complexity index is 740. The SMILES string of the molecule is COc1ccc(N=Cc2ccc(N3CCOCC3)cc2C)cc1Cl. The van der Waals surface area contributed by atoms with Crippen LogP contribution < -0.4 is 9.64 Å². The van der Waals surface area contributed by atoms with Gasteiger partial charge in [-0.1, -0.05) is 17.7 Å². The van der Waals surface area contributed by atoms with Crippen LogP contribution in [0.25, 0.3) is 0 Å². The Kier molecular flexibility index (Phi) is 5.38. The quantitative estimate of drug-likeness (QED) is 0.778. The summed E-state index contributed by atoms with van der Waals surface area (Å²) in [5, 5.41) is 0.562. The Morgan fingerprint density at radius 1 is 1.17 bits per heavy atom. The summed E-state index contributed by atoms with van der Waals surface area (Å²) in [6, 6.07) is 12.0. The van der Waals surface area contributed by atoms with E-state index in [1.165, 1.54) is 11.3 Å². The molecular formula is C19H21ClN2O2. The van der Waals surface area contributed by atoms with Gasteiger partial charge in [0.1, 0.15) is 5.75 Å². The summed E-state index contributed by atoms with van der Waals surface area (Å²) in [5.41, 5.74) is 4.33. The molecule has 0 unspecified atom stereocenters. The lowest BCUT2D eigenvalue weighted by Crippen LogP contribution is -2.36. The zero-order valence-electron chi connectivity index (χ0n) is 14.0. The molecule has 1 fully saturated rings. The molecule has 2 aromatic rings. The molecule has 0 saturated carbocycles. The van der Waals surface area contributed by atoms with Gasteiger partial charge in [-0.25, -0.2) is 0 Å². The zero-order chi connectivity index (χ0) is 16.9. The minimum Gasteiger partial charge on any atom is -0.495 e. The smallest absolute Gasteiger partial charge is 0.137 e. The average Bonchev–Trinajstić information content (AvgIpc) is 2.61. The van der Waals surface area contributed by atoms with E-state index in [4.69, 9.17) is 21.1 Å². The molecule has 0 aromatic heterocycles. The van der Waals surface area contributed by atoms with Crippen LogP contribution in [0.4, 0.5) is 11.4 Å². The number of hydrogen-bond donors (Lipinski definition) is 0. The Hall–Kier alpha value is -2.04. The number of benzene rings is 2. The number of rotatable bonds is 4. The van der Waals surface area contributed by atoms with E-state index in [0.29, 0.717) is 10.8 Å². The standard InChI is InChI=1S/C19H21ClN2O2/c1-14-11-17(22-7-9-24-10-8-22)5-3-15(14)13-21-16-4-6-19(23-2)18(20)12-16/h3-6,11-13H,7-10H2,1-2H3. The summed E-state index contributed by atoms with van der Waals surface area (Å²) in [5.74, 6) is 0.654. The van der Waals surface area contributed by atoms with Crippen LogP contribution in [-0.2, 0) is 4.74 Å². The third kappa shape index (κ3) is 3.89. The van der Waals surface area contributed by atoms with Gasteiger partial charge in [-0.3, -0.25) is 4.99 Å². The molecule has 5 heteroatoms. The molecule has 0 N–H and O–H groups in total. The second kappa shape index (κ2) is 7.69. The van der Waals surface area contributed by atoms with Crippen LogP contribution in [0.3, 0.4) is 0 Å². The molecular weight excluding hydrogens is 324 g/mol. The first-order valence-electron chi connectivity index (χ1n) is 7.98. The zero-order valence-corrected chi connectivity index (χ0v) is 14.7. The van der Waals surface area contributed by atoms with Crippen molar-refractivity contribution in [1.29, 1.82) is 0 Å². The molecule has 1 heterocycles. The van der Waals surface area contributed by atoms with Crippen LogP contribution >= 0.6 is 11.6 Å². The Morgan fingerprint density at radius 3 is 2.62 bits per heavy atom. The fourth-order valence-electron chi connectivity index (χ4n) is 2.70. The highest BCUT2D eigenvalue weighted by atomic mass is 35.5. The van der Waals surface area contributed by atoms with Crippen molar-refractivity contribution in [2.45, 2.75) is 6.92 Å². The van der Waals surface area contributed by atoms with E-state index in [2.05, 4.69) is 35.0 Å². The molecule has 0 radical (unpaired) electrons. The van der Waals surface area contributed by atoms with Gasteiger partial charge in [0.05, 0.1) is 31.0 Å². The van der Waals surface area contributed by atoms with Crippen molar-refractivity contribution in [1.82, 2.24) is 0 Å². The molecule has 1 aliphatic heterocycles. The minimum atomic E-state index is 0.562. The normalized spacial score (nSPS) is 15.0. The maximum absolute atomic E-state index is 6.13. The summed E-state index contributed by atoms with van der Waals surface area (Å²) < 4.78 is 10.6. The highest BCUT2D eigenvalue weighted by molar-refractivity contribution is 6.32. The van der Waals surface area contributed by atoms with Gasteiger partial charge in [0, 0.05) is 25.0 Å². The summed E-state index contributed by atoms with van der Waals surface area (Å²) in [7, 11) is 1.60. The fraction of sp³-hybridized carbons (Fsp3) is 0.316. The van der Waals surface area contributed by atoms with Gasteiger partial charge in [0.15, 0.2) is 0 Å². The Morgan fingerprint density at radius 2 is 1.96 bits per heavy atom. The molecule has 0 aliphatic carbocycles. The van der Waals surface area contributed by atoms with E-state index in [-0.39, 0.29) is 0 Å². The van der Waals surface area contributed by atoms with Crippen molar-refractivity contribution in [2.24, 2.45) is 4.99 Å². The topological polar surface area (TPSA) is 34.1 Å². The third-order valence-electron chi connectivity index (χ3n) is 4.12. The second-order valence-electron chi connectivity index (χ2n) is 5.72. The highest BCUT2D eigenvalue weighted by Crippen LogP contribution is 2.28. The van der Waals surface area contributed by atoms with E-state index in [0.717, 1.165) is 37.6 Å². The van der Waals surface area contributed by atoms with Crippen LogP contribution in [0.1, 0.15) is 11.1 Å². The predicted octanol–water partition coefficient (Wildman–Crippen LogP) is 4.24. The number of nitrogens with zero attached hydrogens (tertiary/aromatic N) is 2. The molecule has 0 spiro atoms. The minimum absolute atomic E-state index is 0.562. The molecule has 0 bridgehead atoms. The van der Waals surface area contributed by atoms with Gasteiger partial charge in [-0.05, 0) is 48.4 Å². The van der Waals surface area contributed by atoms with Gasteiger partial charge < -0.3 is 14.4 Å². The number of aryl methyl sites for hydroxylation is 1. The van der Waals surface area contributed by atoms with E-state index in [9.17, 15) is 0 Å². The van der Waals surface area contributed by atoms with Crippen molar-refractivity contribution in [3.05, 3.63) is 52.5 Å². The van der Waals surface area contributed by atoms with E-state index < -0.39 is 0 Å². The van der Waals surface area contributed by atoms with Gasteiger partial charge in [-0.2, -0.15) is 0 Å². The lowest BCUT2D eigenvalue weighted by Gasteiger charge is -2.29. The molecule has 0 atom stereocenters. The lowest BCUT2D eigenvalue weighted by atomic mass is 10.1. The monoisotopic (exact) mass is 344 g/mol. The largest absolute Gasteiger partial charge is 0.495 e. The van der Waals surface area contributed by atoms with E-state index >= 15 is 0 Å². The number of methoxy groups -OCH3 is 1. The van der Waals surface area contributed by atoms with Gasteiger partial charge in [-0.15, -0.1) is 0 Å².